The Morgan fingerprint density at radius 2 is 2.09 bits per heavy atom. The Balaban J connectivity index is 1.53. The quantitative estimate of drug-likeness (QED) is 0.615. The van der Waals surface area contributed by atoms with Crippen LogP contribution in [0.3, 0.4) is 0 Å². The Labute approximate surface area is 186 Å². The minimum atomic E-state index is -0.982. The highest BCUT2D eigenvalue weighted by molar-refractivity contribution is 5.94. The summed E-state index contributed by atoms with van der Waals surface area (Å²) in [6.07, 6.45) is 2.80. The fourth-order valence-corrected chi connectivity index (χ4v) is 4.43. The fraction of sp³-hybridized carbons (Fsp3) is 0.375. The summed E-state index contributed by atoms with van der Waals surface area (Å²) in [5.41, 5.74) is 1.93. The lowest BCUT2D eigenvalue weighted by Crippen LogP contribution is -2.62. The van der Waals surface area contributed by atoms with Crippen molar-refractivity contribution in [2.24, 2.45) is 0 Å². The molecule has 3 aromatic rings. The molecule has 1 aromatic carbocycles. The van der Waals surface area contributed by atoms with Crippen molar-refractivity contribution in [1.29, 1.82) is 0 Å². The third-order valence-electron chi connectivity index (χ3n) is 6.27. The molecule has 8 heteroatoms. The number of hydrogen-bond acceptors (Lipinski definition) is 6. The van der Waals surface area contributed by atoms with Gasteiger partial charge in [0, 0.05) is 31.4 Å². The van der Waals surface area contributed by atoms with Gasteiger partial charge in [0.15, 0.2) is 0 Å². The summed E-state index contributed by atoms with van der Waals surface area (Å²) >= 11 is 0. The van der Waals surface area contributed by atoms with Gasteiger partial charge >= 0.3 is 0 Å². The molecule has 2 atom stereocenters. The van der Waals surface area contributed by atoms with E-state index in [1.54, 1.807) is 0 Å². The third-order valence-corrected chi connectivity index (χ3v) is 6.27. The van der Waals surface area contributed by atoms with Crippen molar-refractivity contribution in [2.45, 2.75) is 38.3 Å². The number of piperidine rings is 1. The highest BCUT2D eigenvalue weighted by Gasteiger charge is 2.45. The molecule has 0 aliphatic carbocycles. The molecular weight excluding hydrogens is 411 g/mol. The Morgan fingerprint density at radius 3 is 2.75 bits per heavy atom. The predicted octanol–water partition coefficient (Wildman–Crippen LogP) is 2.76. The van der Waals surface area contributed by atoms with Crippen LogP contribution < -0.4 is 5.32 Å². The van der Waals surface area contributed by atoms with Crippen molar-refractivity contribution >= 4 is 5.91 Å². The first-order valence-corrected chi connectivity index (χ1v) is 10.7. The summed E-state index contributed by atoms with van der Waals surface area (Å²) < 4.78 is 18.8. The summed E-state index contributed by atoms with van der Waals surface area (Å²) in [6, 6.07) is 10.6. The number of pyridine rings is 1. The number of hydrogen-bond donors (Lipinski definition) is 2. The first-order chi connectivity index (χ1) is 15.4. The number of rotatable bonds is 6. The van der Waals surface area contributed by atoms with Gasteiger partial charge in [-0.3, -0.25) is 9.78 Å². The maximum absolute atomic E-state index is 13.6. The van der Waals surface area contributed by atoms with Crippen LogP contribution in [0.15, 0.2) is 53.3 Å². The minimum absolute atomic E-state index is 0.119. The van der Waals surface area contributed by atoms with E-state index in [9.17, 15) is 14.3 Å². The average Bonchev–Trinajstić information content (AvgIpc) is 3.11. The Hall–Kier alpha value is -3.10. The zero-order valence-corrected chi connectivity index (χ0v) is 18.2. The lowest BCUT2D eigenvalue weighted by Gasteiger charge is -2.46. The molecule has 3 heterocycles. The first-order valence-electron chi connectivity index (χ1n) is 10.7. The Kier molecular flexibility index (Phi) is 6.34. The van der Waals surface area contributed by atoms with Crippen LogP contribution >= 0.6 is 0 Å². The highest BCUT2D eigenvalue weighted by atomic mass is 19.1. The number of β-amino-alcohol motifs (C(OH)–C–C–N with tert-alkyl or cyclic N) is 1. The van der Waals surface area contributed by atoms with Crippen molar-refractivity contribution in [3.8, 4) is 0 Å². The predicted molar refractivity (Wildman–Crippen MR) is 117 cm³/mol. The topological polar surface area (TPSA) is 91.5 Å². The molecule has 168 valence electrons. The molecule has 0 radical (unpaired) electrons. The van der Waals surface area contributed by atoms with Gasteiger partial charge < -0.3 is 19.8 Å². The summed E-state index contributed by atoms with van der Waals surface area (Å²) in [5.74, 6) is -0.236. The number of nitrogens with one attached hydrogen (secondary N) is 1. The second-order valence-corrected chi connectivity index (χ2v) is 8.30. The van der Waals surface area contributed by atoms with Crippen LogP contribution in [0, 0.1) is 19.7 Å². The standard InChI is InChI=1S/C24H27FN4O3/c1-16-21(17(2)32-28-16)8-10-29-11-9-24(22(30)15-29,19-6-4-3-5-7-19)27-23(31)18-12-20(25)14-26-13-18/h3-7,12-14,22,30H,8-11,15H2,1-2H3,(H,27,31)/t22-,24-/m1/s1. The number of benzene rings is 1. The van der Waals surface area contributed by atoms with Crippen LogP contribution in [0.4, 0.5) is 4.39 Å². The number of aromatic nitrogens is 2. The Bertz CT molecular complexity index is 1070. The molecule has 7 nitrogen and oxygen atoms in total. The number of aliphatic hydroxyl groups is 1. The second kappa shape index (κ2) is 9.18. The summed E-state index contributed by atoms with van der Waals surface area (Å²) in [6.45, 7) is 5.63. The van der Waals surface area contributed by atoms with E-state index in [4.69, 9.17) is 4.52 Å². The van der Waals surface area contributed by atoms with E-state index in [1.165, 1.54) is 6.20 Å². The maximum Gasteiger partial charge on any atom is 0.253 e. The molecule has 32 heavy (non-hydrogen) atoms. The number of carbonyl (C=O) groups is 1. The molecule has 1 amide bonds. The van der Waals surface area contributed by atoms with Gasteiger partial charge in [-0.05, 0) is 38.3 Å². The number of aryl methyl sites for hydroxylation is 2. The largest absolute Gasteiger partial charge is 0.389 e. The van der Waals surface area contributed by atoms with Gasteiger partial charge in [-0.15, -0.1) is 0 Å². The van der Waals surface area contributed by atoms with E-state index in [2.05, 4.69) is 20.4 Å². The molecule has 0 unspecified atom stereocenters. The number of halogens is 1. The molecule has 0 bridgehead atoms. The number of nitrogens with zero attached hydrogens (tertiary/aromatic N) is 3. The summed E-state index contributed by atoms with van der Waals surface area (Å²) in [7, 11) is 0. The van der Waals surface area contributed by atoms with Gasteiger partial charge in [0.25, 0.3) is 5.91 Å². The Morgan fingerprint density at radius 1 is 1.31 bits per heavy atom. The second-order valence-electron chi connectivity index (χ2n) is 8.30. The molecule has 1 aliphatic rings. The number of likely N-dealkylation sites (tertiary alicyclic amines) is 1. The van der Waals surface area contributed by atoms with Gasteiger partial charge in [-0.1, -0.05) is 35.5 Å². The van der Waals surface area contributed by atoms with Crippen molar-refractivity contribution in [3.63, 3.8) is 0 Å². The van der Waals surface area contributed by atoms with Crippen LogP contribution in [0.2, 0.25) is 0 Å². The zero-order valence-electron chi connectivity index (χ0n) is 18.2. The van der Waals surface area contributed by atoms with Crippen LogP contribution in [-0.2, 0) is 12.0 Å². The smallest absolute Gasteiger partial charge is 0.253 e. The molecular formula is C24H27FN4O3. The van der Waals surface area contributed by atoms with E-state index >= 15 is 0 Å². The van der Waals surface area contributed by atoms with E-state index < -0.39 is 23.4 Å². The molecule has 4 rings (SSSR count). The number of carbonyl (C=O) groups excluding carboxylic acids is 1. The van der Waals surface area contributed by atoms with Crippen molar-refractivity contribution in [2.75, 3.05) is 19.6 Å². The fourth-order valence-electron chi connectivity index (χ4n) is 4.43. The van der Waals surface area contributed by atoms with E-state index in [1.807, 2.05) is 44.2 Å². The lowest BCUT2D eigenvalue weighted by atomic mass is 9.78. The van der Waals surface area contributed by atoms with Gasteiger partial charge in [0.2, 0.25) is 0 Å². The maximum atomic E-state index is 13.6. The van der Waals surface area contributed by atoms with Gasteiger partial charge in [-0.25, -0.2) is 4.39 Å². The normalized spacial score (nSPS) is 21.4. The molecule has 1 fully saturated rings. The molecule has 1 aliphatic heterocycles. The van der Waals surface area contributed by atoms with E-state index in [0.29, 0.717) is 19.5 Å². The molecule has 2 N–H and O–H groups in total. The van der Waals surface area contributed by atoms with Crippen LogP contribution in [-0.4, -0.2) is 51.8 Å². The molecule has 0 saturated carbocycles. The van der Waals surface area contributed by atoms with Gasteiger partial charge in [0.05, 0.1) is 29.1 Å². The zero-order chi connectivity index (χ0) is 22.7. The van der Waals surface area contributed by atoms with Crippen molar-refractivity contribution in [3.05, 3.63) is 82.8 Å². The van der Waals surface area contributed by atoms with Crippen LogP contribution in [0.1, 0.15) is 39.4 Å². The number of amides is 1. The first kappa shape index (κ1) is 22.1. The van der Waals surface area contributed by atoms with E-state index in [-0.39, 0.29) is 5.56 Å². The summed E-state index contributed by atoms with van der Waals surface area (Å²) in [5, 5.41) is 18.3. The number of aliphatic hydroxyl groups excluding tert-OH is 1. The average molecular weight is 439 g/mol. The van der Waals surface area contributed by atoms with Crippen molar-refractivity contribution in [1.82, 2.24) is 20.4 Å². The van der Waals surface area contributed by atoms with E-state index in [0.717, 1.165) is 47.8 Å². The van der Waals surface area contributed by atoms with Gasteiger partial charge in [-0.2, -0.15) is 0 Å². The summed E-state index contributed by atoms with van der Waals surface area (Å²) in [4.78, 5) is 18.9. The monoisotopic (exact) mass is 438 g/mol. The molecule has 1 saturated heterocycles. The molecule has 2 aromatic heterocycles. The van der Waals surface area contributed by atoms with Gasteiger partial charge in [0.1, 0.15) is 11.6 Å². The third kappa shape index (κ3) is 4.42. The lowest BCUT2D eigenvalue weighted by molar-refractivity contribution is -0.0151. The molecule has 0 spiro atoms. The van der Waals surface area contributed by atoms with Crippen LogP contribution in [0.25, 0.3) is 0 Å². The minimum Gasteiger partial charge on any atom is -0.389 e. The highest BCUT2D eigenvalue weighted by Crippen LogP contribution is 2.34. The van der Waals surface area contributed by atoms with Crippen LogP contribution in [0.5, 0.6) is 0 Å². The van der Waals surface area contributed by atoms with Crippen molar-refractivity contribution < 1.29 is 18.8 Å². The SMILES string of the molecule is Cc1noc(C)c1CCN1CC[C@@](NC(=O)c2cncc(F)c2)(c2ccccc2)[C@H](O)C1.